The molecule has 1 atom stereocenters. The fourth-order valence-electron chi connectivity index (χ4n) is 3.96. The second-order valence-corrected chi connectivity index (χ2v) is 8.13. The maximum absolute atomic E-state index is 8.67. The normalized spacial score (nSPS) is 16.1. The topological polar surface area (TPSA) is 27.1 Å². The van der Waals surface area contributed by atoms with Gasteiger partial charge in [-0.25, -0.2) is 0 Å². The lowest BCUT2D eigenvalue weighted by Gasteiger charge is -2.21. The van der Waals surface area contributed by atoms with Crippen molar-refractivity contribution in [3.05, 3.63) is 75.8 Å². The van der Waals surface area contributed by atoms with Crippen LogP contribution in [0.3, 0.4) is 0 Å². The van der Waals surface area contributed by atoms with Gasteiger partial charge in [0.15, 0.2) is 0 Å². The van der Waals surface area contributed by atoms with Gasteiger partial charge in [0.05, 0.1) is 0 Å². The van der Waals surface area contributed by atoms with Crippen molar-refractivity contribution in [2.24, 2.45) is 0 Å². The maximum Gasteiger partial charge on any atom is 0.101 e. The third kappa shape index (κ3) is 3.05. The van der Waals surface area contributed by atoms with E-state index in [9.17, 15) is 0 Å². The van der Waals surface area contributed by atoms with Crippen LogP contribution in [-0.4, -0.2) is 12.4 Å². The lowest BCUT2D eigenvalue weighted by atomic mass is 9.96. The SMILES string of the molecule is Cc1ccc(CCC(=N)N2CC(C)c3c2ccc2c(Br)cccc32)cc1. The standard InChI is InChI=1S/C23H23BrN2/c1-15-6-8-17(9-7-15)10-13-22(25)26-14-16(2)23-19-4-3-5-20(24)18(19)11-12-21(23)26/h3-9,11-12,16,25H,10,13-14H2,1-2H3. The van der Waals surface area contributed by atoms with E-state index in [1.807, 2.05) is 0 Å². The van der Waals surface area contributed by atoms with Crippen LogP contribution in [0.15, 0.2) is 59.1 Å². The molecule has 1 aliphatic rings. The van der Waals surface area contributed by atoms with Gasteiger partial charge in [-0.2, -0.15) is 0 Å². The molecule has 2 nitrogen and oxygen atoms in total. The van der Waals surface area contributed by atoms with Crippen LogP contribution in [-0.2, 0) is 6.42 Å². The summed E-state index contributed by atoms with van der Waals surface area (Å²) in [5, 5.41) is 11.2. The third-order valence-corrected chi connectivity index (χ3v) is 6.06. The van der Waals surface area contributed by atoms with Crippen LogP contribution in [0.5, 0.6) is 0 Å². The Morgan fingerprint density at radius 2 is 1.85 bits per heavy atom. The van der Waals surface area contributed by atoms with Crippen molar-refractivity contribution >= 4 is 38.2 Å². The molecule has 1 N–H and O–H groups in total. The molecule has 0 radical (unpaired) electrons. The Bertz CT molecular complexity index is 975. The average molecular weight is 407 g/mol. The molecule has 1 heterocycles. The van der Waals surface area contributed by atoms with Crippen molar-refractivity contribution in [2.45, 2.75) is 32.6 Å². The fourth-order valence-corrected chi connectivity index (χ4v) is 4.45. The van der Waals surface area contributed by atoms with E-state index in [-0.39, 0.29) is 0 Å². The molecule has 0 bridgehead atoms. The molecular formula is C23H23BrN2. The van der Waals surface area contributed by atoms with Crippen molar-refractivity contribution in [3.63, 3.8) is 0 Å². The highest BCUT2D eigenvalue weighted by molar-refractivity contribution is 9.10. The van der Waals surface area contributed by atoms with Crippen molar-refractivity contribution in [2.75, 3.05) is 11.4 Å². The van der Waals surface area contributed by atoms with Gasteiger partial charge >= 0.3 is 0 Å². The number of nitrogens with one attached hydrogen (secondary N) is 1. The number of fused-ring (bicyclic) bond motifs is 3. The van der Waals surface area contributed by atoms with Crippen LogP contribution < -0.4 is 4.90 Å². The summed E-state index contributed by atoms with van der Waals surface area (Å²) in [7, 11) is 0. The van der Waals surface area contributed by atoms with E-state index >= 15 is 0 Å². The van der Waals surface area contributed by atoms with Gasteiger partial charge in [0.25, 0.3) is 0 Å². The maximum atomic E-state index is 8.67. The largest absolute Gasteiger partial charge is 0.329 e. The summed E-state index contributed by atoms with van der Waals surface area (Å²) >= 11 is 3.67. The minimum absolute atomic E-state index is 0.433. The molecule has 0 saturated carbocycles. The highest BCUT2D eigenvalue weighted by atomic mass is 79.9. The lowest BCUT2D eigenvalue weighted by molar-refractivity contribution is 0.815. The number of benzene rings is 3. The molecule has 3 heteroatoms. The van der Waals surface area contributed by atoms with Crippen LogP contribution in [0, 0.1) is 12.3 Å². The van der Waals surface area contributed by atoms with E-state index in [4.69, 9.17) is 5.41 Å². The van der Waals surface area contributed by atoms with Gasteiger partial charge in [-0.3, -0.25) is 5.41 Å². The zero-order chi connectivity index (χ0) is 18.3. The van der Waals surface area contributed by atoms with E-state index in [1.54, 1.807) is 0 Å². The highest BCUT2D eigenvalue weighted by Gasteiger charge is 2.29. The molecule has 0 spiro atoms. The molecule has 1 aliphatic heterocycles. The van der Waals surface area contributed by atoms with Crippen molar-refractivity contribution in [1.29, 1.82) is 5.41 Å². The first-order valence-corrected chi connectivity index (χ1v) is 9.95. The summed E-state index contributed by atoms with van der Waals surface area (Å²) in [4.78, 5) is 2.20. The number of nitrogens with zero attached hydrogens (tertiary/aromatic N) is 1. The summed E-state index contributed by atoms with van der Waals surface area (Å²) in [6.07, 6.45) is 1.68. The van der Waals surface area contributed by atoms with E-state index in [1.165, 1.54) is 33.2 Å². The summed E-state index contributed by atoms with van der Waals surface area (Å²) < 4.78 is 1.14. The number of anilines is 1. The Labute approximate surface area is 163 Å². The van der Waals surface area contributed by atoms with E-state index in [0.29, 0.717) is 11.8 Å². The number of rotatable bonds is 3. The summed E-state index contributed by atoms with van der Waals surface area (Å²) in [5.41, 5.74) is 5.17. The Kier molecular flexibility index (Phi) is 4.58. The van der Waals surface area contributed by atoms with Gasteiger partial charge in [0.1, 0.15) is 5.84 Å². The molecule has 3 aromatic rings. The first-order valence-electron chi connectivity index (χ1n) is 9.16. The monoisotopic (exact) mass is 406 g/mol. The molecule has 0 saturated heterocycles. The number of amidine groups is 1. The van der Waals surface area contributed by atoms with Crippen LogP contribution in [0.1, 0.15) is 36.0 Å². The quantitative estimate of drug-likeness (QED) is 0.392. The Morgan fingerprint density at radius 1 is 1.08 bits per heavy atom. The van der Waals surface area contributed by atoms with Crippen LogP contribution in [0.4, 0.5) is 5.69 Å². The number of aryl methyl sites for hydroxylation is 2. The minimum Gasteiger partial charge on any atom is -0.329 e. The molecule has 0 aliphatic carbocycles. The smallest absolute Gasteiger partial charge is 0.101 e. The van der Waals surface area contributed by atoms with Crippen molar-refractivity contribution in [1.82, 2.24) is 0 Å². The first-order chi connectivity index (χ1) is 12.5. The molecule has 0 amide bonds. The second kappa shape index (κ2) is 6.88. The van der Waals surface area contributed by atoms with Crippen LogP contribution in [0.2, 0.25) is 0 Å². The Balaban J connectivity index is 1.60. The van der Waals surface area contributed by atoms with Crippen LogP contribution >= 0.6 is 15.9 Å². The number of hydrogen-bond acceptors (Lipinski definition) is 1. The zero-order valence-corrected chi connectivity index (χ0v) is 16.8. The van der Waals surface area contributed by atoms with Gasteiger partial charge in [-0.1, -0.05) is 70.9 Å². The second-order valence-electron chi connectivity index (χ2n) is 7.28. The Morgan fingerprint density at radius 3 is 2.62 bits per heavy atom. The lowest BCUT2D eigenvalue weighted by Crippen LogP contribution is -2.29. The van der Waals surface area contributed by atoms with Gasteiger partial charge in [-0.15, -0.1) is 0 Å². The predicted octanol–water partition coefficient (Wildman–Crippen LogP) is 6.44. The first kappa shape index (κ1) is 17.3. The molecule has 26 heavy (non-hydrogen) atoms. The average Bonchev–Trinajstić information content (AvgIpc) is 2.99. The molecule has 1 unspecified atom stereocenters. The minimum atomic E-state index is 0.433. The fraction of sp³-hybridized carbons (Fsp3) is 0.261. The summed E-state index contributed by atoms with van der Waals surface area (Å²) in [6, 6.07) is 19.4. The van der Waals surface area contributed by atoms with Gasteiger partial charge < -0.3 is 4.90 Å². The Hall–Kier alpha value is -2.13. The summed E-state index contributed by atoms with van der Waals surface area (Å²) in [5.74, 6) is 1.15. The van der Waals surface area contributed by atoms with Gasteiger partial charge in [0.2, 0.25) is 0 Å². The van der Waals surface area contributed by atoms with E-state index in [0.717, 1.165) is 23.9 Å². The highest BCUT2D eigenvalue weighted by Crippen LogP contribution is 2.42. The van der Waals surface area contributed by atoms with Gasteiger partial charge in [0, 0.05) is 29.0 Å². The third-order valence-electron chi connectivity index (χ3n) is 5.36. The predicted molar refractivity (Wildman–Crippen MR) is 115 cm³/mol. The van der Waals surface area contributed by atoms with E-state index in [2.05, 4.69) is 89.3 Å². The molecule has 0 fully saturated rings. The molecule has 0 aromatic heterocycles. The van der Waals surface area contributed by atoms with Crippen LogP contribution in [0.25, 0.3) is 10.8 Å². The van der Waals surface area contributed by atoms with Crippen molar-refractivity contribution < 1.29 is 0 Å². The summed E-state index contributed by atoms with van der Waals surface area (Å²) in [6.45, 7) is 5.27. The zero-order valence-electron chi connectivity index (χ0n) is 15.2. The van der Waals surface area contributed by atoms with E-state index < -0.39 is 0 Å². The molecule has 3 aromatic carbocycles. The molecule has 4 rings (SSSR count). The molecular weight excluding hydrogens is 384 g/mol. The number of halogens is 1. The number of hydrogen-bond donors (Lipinski definition) is 1. The van der Waals surface area contributed by atoms with Crippen molar-refractivity contribution in [3.8, 4) is 0 Å². The molecule has 132 valence electrons. The van der Waals surface area contributed by atoms with Gasteiger partial charge in [-0.05, 0) is 47.4 Å².